The van der Waals surface area contributed by atoms with Crippen molar-refractivity contribution in [3.63, 3.8) is 0 Å². The maximum atomic E-state index is 13.1. The number of hydrogen-bond donors (Lipinski definition) is 1. The molecule has 1 N–H and O–H groups in total. The standard InChI is InChI=1S/C17H19BrFNO/c1-12-3-6-15(7-4-12)21-11-13(2)20-10-14-5-8-17(19)16(18)9-14/h3-9,13,20H,10-11H2,1-2H3. The van der Waals surface area contributed by atoms with E-state index in [-0.39, 0.29) is 11.9 Å². The van der Waals surface area contributed by atoms with E-state index >= 15 is 0 Å². The van der Waals surface area contributed by atoms with Crippen LogP contribution in [0.1, 0.15) is 18.1 Å². The smallest absolute Gasteiger partial charge is 0.137 e. The minimum absolute atomic E-state index is 0.204. The van der Waals surface area contributed by atoms with Crippen LogP contribution in [0.25, 0.3) is 0 Å². The van der Waals surface area contributed by atoms with Gasteiger partial charge in [-0.3, -0.25) is 0 Å². The summed E-state index contributed by atoms with van der Waals surface area (Å²) >= 11 is 3.19. The average molecular weight is 352 g/mol. The summed E-state index contributed by atoms with van der Waals surface area (Å²) in [5.41, 5.74) is 2.25. The molecule has 0 radical (unpaired) electrons. The van der Waals surface area contributed by atoms with Gasteiger partial charge in [0.2, 0.25) is 0 Å². The Labute approximate surface area is 133 Å². The molecule has 4 heteroatoms. The largest absolute Gasteiger partial charge is 0.492 e. The van der Waals surface area contributed by atoms with E-state index in [1.54, 1.807) is 12.1 Å². The fourth-order valence-electron chi connectivity index (χ4n) is 1.86. The second-order valence-electron chi connectivity index (χ2n) is 5.15. The van der Waals surface area contributed by atoms with E-state index in [1.807, 2.05) is 24.3 Å². The molecule has 2 aromatic rings. The molecule has 0 aromatic heterocycles. The molecule has 0 fully saturated rings. The van der Waals surface area contributed by atoms with Crippen LogP contribution in [0.2, 0.25) is 0 Å². The summed E-state index contributed by atoms with van der Waals surface area (Å²) in [4.78, 5) is 0. The van der Waals surface area contributed by atoms with Crippen molar-refractivity contribution in [1.82, 2.24) is 5.32 Å². The van der Waals surface area contributed by atoms with Gasteiger partial charge in [0.25, 0.3) is 0 Å². The second-order valence-corrected chi connectivity index (χ2v) is 6.01. The molecule has 0 bridgehead atoms. The van der Waals surface area contributed by atoms with Crippen LogP contribution in [0.4, 0.5) is 4.39 Å². The molecule has 112 valence electrons. The van der Waals surface area contributed by atoms with Crippen molar-refractivity contribution >= 4 is 15.9 Å². The molecule has 1 unspecified atom stereocenters. The Hall–Kier alpha value is -1.39. The van der Waals surface area contributed by atoms with Crippen molar-refractivity contribution in [3.05, 3.63) is 63.9 Å². The van der Waals surface area contributed by atoms with Crippen LogP contribution in [-0.4, -0.2) is 12.6 Å². The maximum Gasteiger partial charge on any atom is 0.137 e. The van der Waals surface area contributed by atoms with E-state index in [2.05, 4.69) is 35.1 Å². The number of aryl methyl sites for hydroxylation is 1. The molecule has 0 amide bonds. The number of ether oxygens (including phenoxy) is 1. The zero-order valence-corrected chi connectivity index (χ0v) is 13.8. The van der Waals surface area contributed by atoms with Gasteiger partial charge in [-0.05, 0) is 59.6 Å². The third-order valence-electron chi connectivity index (χ3n) is 3.16. The molecule has 0 aliphatic heterocycles. The van der Waals surface area contributed by atoms with E-state index < -0.39 is 0 Å². The quantitative estimate of drug-likeness (QED) is 0.829. The van der Waals surface area contributed by atoms with Crippen LogP contribution >= 0.6 is 15.9 Å². The number of nitrogens with one attached hydrogen (secondary N) is 1. The first-order valence-corrected chi connectivity index (χ1v) is 7.70. The first-order valence-electron chi connectivity index (χ1n) is 6.91. The van der Waals surface area contributed by atoms with Crippen molar-refractivity contribution in [3.8, 4) is 5.75 Å². The van der Waals surface area contributed by atoms with E-state index in [4.69, 9.17) is 4.74 Å². The molecular formula is C17H19BrFNO. The lowest BCUT2D eigenvalue weighted by molar-refractivity contribution is 0.272. The van der Waals surface area contributed by atoms with Gasteiger partial charge in [0.1, 0.15) is 18.2 Å². The van der Waals surface area contributed by atoms with E-state index in [1.165, 1.54) is 11.6 Å². The van der Waals surface area contributed by atoms with Gasteiger partial charge in [-0.15, -0.1) is 0 Å². The molecule has 0 spiro atoms. The lowest BCUT2D eigenvalue weighted by Crippen LogP contribution is -2.31. The summed E-state index contributed by atoms with van der Waals surface area (Å²) in [5, 5.41) is 3.36. The summed E-state index contributed by atoms with van der Waals surface area (Å²) in [5.74, 6) is 0.633. The highest BCUT2D eigenvalue weighted by Crippen LogP contribution is 2.17. The fraction of sp³-hybridized carbons (Fsp3) is 0.294. The van der Waals surface area contributed by atoms with Gasteiger partial charge in [-0.1, -0.05) is 23.8 Å². The van der Waals surface area contributed by atoms with Crippen LogP contribution in [0, 0.1) is 12.7 Å². The van der Waals surface area contributed by atoms with Gasteiger partial charge >= 0.3 is 0 Å². The van der Waals surface area contributed by atoms with E-state index in [9.17, 15) is 4.39 Å². The molecular weight excluding hydrogens is 333 g/mol. The Morgan fingerprint density at radius 2 is 1.90 bits per heavy atom. The first kappa shape index (κ1) is 16.0. The predicted molar refractivity (Wildman–Crippen MR) is 87.1 cm³/mol. The van der Waals surface area contributed by atoms with Crippen molar-refractivity contribution < 1.29 is 9.13 Å². The Morgan fingerprint density at radius 1 is 1.19 bits per heavy atom. The normalized spacial score (nSPS) is 12.2. The van der Waals surface area contributed by atoms with Crippen molar-refractivity contribution in [1.29, 1.82) is 0 Å². The summed E-state index contributed by atoms with van der Waals surface area (Å²) in [7, 11) is 0. The highest BCUT2D eigenvalue weighted by atomic mass is 79.9. The summed E-state index contributed by atoms with van der Waals surface area (Å²) < 4.78 is 19.4. The third-order valence-corrected chi connectivity index (χ3v) is 3.77. The molecule has 0 saturated heterocycles. The molecule has 21 heavy (non-hydrogen) atoms. The van der Waals surface area contributed by atoms with Gasteiger partial charge in [-0.2, -0.15) is 0 Å². The monoisotopic (exact) mass is 351 g/mol. The molecule has 0 saturated carbocycles. The molecule has 2 aromatic carbocycles. The highest BCUT2D eigenvalue weighted by molar-refractivity contribution is 9.10. The van der Waals surface area contributed by atoms with Gasteiger partial charge in [-0.25, -0.2) is 4.39 Å². The Kier molecular flexibility index (Phi) is 5.76. The number of benzene rings is 2. The zero-order valence-electron chi connectivity index (χ0n) is 12.2. The first-order chi connectivity index (χ1) is 10.0. The minimum Gasteiger partial charge on any atom is -0.492 e. The topological polar surface area (TPSA) is 21.3 Å². The van der Waals surface area contributed by atoms with Gasteiger partial charge < -0.3 is 10.1 Å². The molecule has 1 atom stereocenters. The summed E-state index contributed by atoms with van der Waals surface area (Å²) in [6.07, 6.45) is 0. The van der Waals surface area contributed by atoms with Crippen molar-refractivity contribution in [2.24, 2.45) is 0 Å². The lowest BCUT2D eigenvalue weighted by Gasteiger charge is -2.15. The van der Waals surface area contributed by atoms with Crippen LogP contribution < -0.4 is 10.1 Å². The number of rotatable bonds is 6. The molecule has 0 aliphatic carbocycles. The fourth-order valence-corrected chi connectivity index (χ4v) is 2.28. The average Bonchev–Trinajstić information content (AvgIpc) is 2.48. The maximum absolute atomic E-state index is 13.1. The lowest BCUT2D eigenvalue weighted by atomic mass is 10.2. The van der Waals surface area contributed by atoms with Gasteiger partial charge in [0, 0.05) is 12.6 Å². The summed E-state index contributed by atoms with van der Waals surface area (Å²) in [6.45, 7) is 5.38. The molecule has 2 nitrogen and oxygen atoms in total. The number of hydrogen-bond acceptors (Lipinski definition) is 2. The molecule has 2 rings (SSSR count). The van der Waals surface area contributed by atoms with Crippen molar-refractivity contribution in [2.75, 3.05) is 6.61 Å². The van der Waals surface area contributed by atoms with Gasteiger partial charge in [0.15, 0.2) is 0 Å². The van der Waals surface area contributed by atoms with Crippen LogP contribution in [0.15, 0.2) is 46.9 Å². The zero-order chi connectivity index (χ0) is 15.2. The SMILES string of the molecule is Cc1ccc(OCC(C)NCc2ccc(F)c(Br)c2)cc1. The minimum atomic E-state index is -0.241. The Morgan fingerprint density at radius 3 is 2.57 bits per heavy atom. The van der Waals surface area contributed by atoms with E-state index in [0.717, 1.165) is 11.3 Å². The van der Waals surface area contributed by atoms with Crippen LogP contribution in [-0.2, 0) is 6.54 Å². The third kappa shape index (κ3) is 5.14. The van der Waals surface area contributed by atoms with Crippen molar-refractivity contribution in [2.45, 2.75) is 26.4 Å². The highest BCUT2D eigenvalue weighted by Gasteiger charge is 2.05. The summed E-state index contributed by atoms with van der Waals surface area (Å²) in [6, 6.07) is 13.2. The Bertz CT molecular complexity index is 586. The predicted octanol–water partition coefficient (Wildman–Crippen LogP) is 4.45. The van der Waals surface area contributed by atoms with Crippen LogP contribution in [0.5, 0.6) is 5.75 Å². The Balaban J connectivity index is 1.77. The molecule has 0 aliphatic rings. The van der Waals surface area contributed by atoms with Crippen LogP contribution in [0.3, 0.4) is 0 Å². The number of halogens is 2. The van der Waals surface area contributed by atoms with E-state index in [0.29, 0.717) is 17.6 Å². The molecule has 0 heterocycles. The second kappa shape index (κ2) is 7.57. The van der Waals surface area contributed by atoms with Gasteiger partial charge in [0.05, 0.1) is 4.47 Å².